The van der Waals surface area contributed by atoms with Crippen molar-refractivity contribution in [2.24, 2.45) is 5.73 Å². The van der Waals surface area contributed by atoms with Gasteiger partial charge in [-0.25, -0.2) is 8.42 Å². The van der Waals surface area contributed by atoms with E-state index in [9.17, 15) is 18.4 Å². The molecule has 3 N–H and O–H groups in total. The first-order valence-electron chi connectivity index (χ1n) is 5.40. The molecule has 0 spiro atoms. The van der Waals surface area contributed by atoms with E-state index in [-0.39, 0.29) is 9.36 Å². The number of hydrogen-bond donors (Lipinski definition) is 2. The van der Waals surface area contributed by atoms with Crippen molar-refractivity contribution < 1.29 is 18.4 Å². The first kappa shape index (κ1) is 13.5. The quantitative estimate of drug-likeness (QED) is 0.805. The van der Waals surface area contributed by atoms with Gasteiger partial charge < -0.3 is 5.73 Å². The van der Waals surface area contributed by atoms with Crippen molar-refractivity contribution in [1.29, 1.82) is 0 Å². The molecule has 0 aliphatic rings. The third kappa shape index (κ3) is 2.73. The Morgan fingerprint density at radius 3 is 2.42 bits per heavy atom. The van der Waals surface area contributed by atoms with Crippen LogP contribution >= 0.6 is 0 Å². The van der Waals surface area contributed by atoms with Gasteiger partial charge in [0.1, 0.15) is 6.54 Å². The number of carbonyl (C=O) groups is 1. The molecule has 2 aromatic carbocycles. The van der Waals surface area contributed by atoms with Crippen LogP contribution in [0.4, 0.5) is 0 Å². The molecule has 1 amide bonds. The number of benzene rings is 2. The predicted octanol–water partition coefficient (Wildman–Crippen LogP) is 0.705. The van der Waals surface area contributed by atoms with Gasteiger partial charge in [0.15, 0.2) is 0 Å². The van der Waals surface area contributed by atoms with Gasteiger partial charge in [-0.2, -0.15) is 0 Å². The van der Waals surface area contributed by atoms with E-state index in [4.69, 9.17) is 5.73 Å². The first-order chi connectivity index (χ1) is 8.91. The van der Waals surface area contributed by atoms with E-state index in [1.54, 1.807) is 18.2 Å². The van der Waals surface area contributed by atoms with E-state index < -0.39 is 22.5 Å². The fourth-order valence-electron chi connectivity index (χ4n) is 1.67. The van der Waals surface area contributed by atoms with Crippen LogP contribution in [0, 0.1) is 0 Å². The second-order valence-electron chi connectivity index (χ2n) is 3.96. The Bertz CT molecular complexity index is 727. The van der Waals surface area contributed by atoms with Crippen LogP contribution in [0.2, 0.25) is 0 Å². The number of nitrogens with zero attached hydrogens (tertiary/aromatic N) is 1. The minimum Gasteiger partial charge on any atom is -0.368 e. The van der Waals surface area contributed by atoms with Gasteiger partial charge in [-0.1, -0.05) is 34.8 Å². The van der Waals surface area contributed by atoms with Gasteiger partial charge in [-0.3, -0.25) is 10.0 Å². The summed E-state index contributed by atoms with van der Waals surface area (Å²) in [7, 11) is -4.14. The Hall–Kier alpha value is -1.96. The van der Waals surface area contributed by atoms with Crippen LogP contribution in [-0.4, -0.2) is 30.5 Å². The SMILES string of the molecule is NC(=O)CN(O)S(=O)(=O)c1ccc2ccccc2c1. The van der Waals surface area contributed by atoms with Crippen LogP contribution < -0.4 is 5.73 Å². The molecule has 2 rings (SSSR count). The lowest BCUT2D eigenvalue weighted by molar-refractivity contribution is -0.123. The Labute approximate surface area is 110 Å². The second-order valence-corrected chi connectivity index (χ2v) is 5.80. The zero-order valence-electron chi connectivity index (χ0n) is 9.85. The van der Waals surface area contributed by atoms with Crippen LogP contribution in [0.5, 0.6) is 0 Å². The van der Waals surface area contributed by atoms with Crippen molar-refractivity contribution in [3.63, 3.8) is 0 Å². The normalized spacial score (nSPS) is 11.9. The molecule has 0 aromatic heterocycles. The number of primary amides is 1. The molecule has 0 heterocycles. The molecule has 0 atom stereocenters. The van der Waals surface area contributed by atoms with Gasteiger partial charge in [0.2, 0.25) is 5.91 Å². The number of hydroxylamine groups is 1. The van der Waals surface area contributed by atoms with Crippen LogP contribution in [0.3, 0.4) is 0 Å². The van der Waals surface area contributed by atoms with Crippen molar-refractivity contribution in [2.75, 3.05) is 6.54 Å². The van der Waals surface area contributed by atoms with Crippen molar-refractivity contribution in [1.82, 2.24) is 4.47 Å². The molecule has 0 radical (unpaired) electrons. The lowest BCUT2D eigenvalue weighted by Crippen LogP contribution is -2.35. The zero-order chi connectivity index (χ0) is 14.0. The number of sulfonamides is 1. The Morgan fingerprint density at radius 1 is 1.16 bits per heavy atom. The predicted molar refractivity (Wildman–Crippen MR) is 68.8 cm³/mol. The summed E-state index contributed by atoms with van der Waals surface area (Å²) in [4.78, 5) is 10.6. The molecular weight excluding hydrogens is 268 g/mol. The summed E-state index contributed by atoms with van der Waals surface area (Å²) in [6.07, 6.45) is 0. The van der Waals surface area contributed by atoms with Crippen LogP contribution in [0.25, 0.3) is 10.8 Å². The molecule has 0 aliphatic carbocycles. The topological polar surface area (TPSA) is 101 Å². The summed E-state index contributed by atoms with van der Waals surface area (Å²) in [6.45, 7) is -0.783. The highest BCUT2D eigenvalue weighted by Gasteiger charge is 2.24. The molecule has 0 saturated carbocycles. The van der Waals surface area contributed by atoms with Gasteiger partial charge in [0.25, 0.3) is 10.0 Å². The Morgan fingerprint density at radius 2 is 1.79 bits per heavy atom. The highest BCUT2D eigenvalue weighted by Crippen LogP contribution is 2.20. The summed E-state index contributed by atoms with van der Waals surface area (Å²) in [5.41, 5.74) is 4.85. The van der Waals surface area contributed by atoms with Gasteiger partial charge >= 0.3 is 0 Å². The van der Waals surface area contributed by atoms with Gasteiger partial charge in [0, 0.05) is 0 Å². The van der Waals surface area contributed by atoms with E-state index in [1.807, 2.05) is 12.1 Å². The lowest BCUT2D eigenvalue weighted by Gasteiger charge is -2.13. The summed E-state index contributed by atoms with van der Waals surface area (Å²) in [5, 5.41) is 11.0. The zero-order valence-corrected chi connectivity index (χ0v) is 10.7. The van der Waals surface area contributed by atoms with Crippen molar-refractivity contribution in [3.8, 4) is 0 Å². The number of carbonyl (C=O) groups excluding carboxylic acids is 1. The van der Waals surface area contributed by atoms with E-state index >= 15 is 0 Å². The maximum absolute atomic E-state index is 12.0. The molecule has 100 valence electrons. The van der Waals surface area contributed by atoms with Gasteiger partial charge in [0.05, 0.1) is 4.90 Å². The fraction of sp³-hybridized carbons (Fsp3) is 0.0833. The highest BCUT2D eigenvalue weighted by molar-refractivity contribution is 7.89. The van der Waals surface area contributed by atoms with E-state index in [2.05, 4.69) is 0 Å². The summed E-state index contributed by atoms with van der Waals surface area (Å²) < 4.78 is 23.9. The third-order valence-electron chi connectivity index (χ3n) is 2.59. The average molecular weight is 280 g/mol. The number of hydrogen-bond acceptors (Lipinski definition) is 4. The molecule has 0 fully saturated rings. The number of fused-ring (bicyclic) bond motifs is 1. The molecule has 0 aliphatic heterocycles. The highest BCUT2D eigenvalue weighted by atomic mass is 32.2. The third-order valence-corrected chi connectivity index (χ3v) is 4.12. The van der Waals surface area contributed by atoms with Crippen LogP contribution in [0.15, 0.2) is 47.4 Å². The maximum Gasteiger partial charge on any atom is 0.265 e. The molecule has 0 saturated heterocycles. The minimum atomic E-state index is -4.14. The molecule has 2 aromatic rings. The molecule has 6 nitrogen and oxygen atoms in total. The molecule has 19 heavy (non-hydrogen) atoms. The monoisotopic (exact) mass is 280 g/mol. The standard InChI is InChI=1S/C12H12N2O4S/c13-12(15)8-14(16)19(17,18)11-6-5-9-3-1-2-4-10(9)7-11/h1-7,16H,8H2,(H2,13,15). The van der Waals surface area contributed by atoms with E-state index in [0.717, 1.165) is 10.8 Å². The maximum atomic E-state index is 12.0. The Balaban J connectivity index is 2.45. The minimum absolute atomic E-state index is 0.0561. The molecule has 0 bridgehead atoms. The second kappa shape index (κ2) is 4.96. The fourth-order valence-corrected chi connectivity index (χ4v) is 2.72. The average Bonchev–Trinajstić information content (AvgIpc) is 2.37. The summed E-state index contributed by atoms with van der Waals surface area (Å²) in [6, 6.07) is 11.6. The number of nitrogens with two attached hydrogens (primary N) is 1. The van der Waals surface area contributed by atoms with Gasteiger partial charge in [-0.15, -0.1) is 0 Å². The van der Waals surface area contributed by atoms with Crippen molar-refractivity contribution in [2.45, 2.75) is 4.90 Å². The van der Waals surface area contributed by atoms with Crippen LogP contribution in [-0.2, 0) is 14.8 Å². The van der Waals surface area contributed by atoms with Crippen molar-refractivity contribution >= 4 is 26.7 Å². The summed E-state index contributed by atoms with van der Waals surface area (Å²) >= 11 is 0. The van der Waals surface area contributed by atoms with Gasteiger partial charge in [-0.05, 0) is 22.9 Å². The molecule has 7 heteroatoms. The van der Waals surface area contributed by atoms with Crippen LogP contribution in [0.1, 0.15) is 0 Å². The molecular formula is C12H12N2O4S. The van der Waals surface area contributed by atoms with Crippen molar-refractivity contribution in [3.05, 3.63) is 42.5 Å². The van der Waals surface area contributed by atoms with E-state index in [0.29, 0.717) is 0 Å². The number of amides is 1. The Kier molecular flexibility index (Phi) is 3.52. The van der Waals surface area contributed by atoms with E-state index in [1.165, 1.54) is 12.1 Å². The first-order valence-corrected chi connectivity index (χ1v) is 6.84. The summed E-state index contributed by atoms with van der Waals surface area (Å²) in [5.74, 6) is -0.938. The lowest BCUT2D eigenvalue weighted by atomic mass is 10.1. The smallest absolute Gasteiger partial charge is 0.265 e. The molecule has 0 unspecified atom stereocenters. The number of rotatable bonds is 4. The largest absolute Gasteiger partial charge is 0.368 e.